The molecule has 32 heavy (non-hydrogen) atoms. The van der Waals surface area contributed by atoms with Gasteiger partial charge in [-0.3, -0.25) is 0 Å². The van der Waals surface area contributed by atoms with E-state index in [-0.39, 0.29) is 0 Å². The molecule has 0 aliphatic heterocycles. The van der Waals surface area contributed by atoms with E-state index in [9.17, 15) is 0 Å². The van der Waals surface area contributed by atoms with Crippen LogP contribution in [0.4, 0.5) is 11.4 Å². The molecule has 6 aromatic rings. The summed E-state index contributed by atoms with van der Waals surface area (Å²) < 4.78 is 6.01. The van der Waals surface area contributed by atoms with Crippen LogP contribution in [-0.2, 0) is 0 Å². The smallest absolute Gasteiger partial charge is 0.135 e. The van der Waals surface area contributed by atoms with E-state index in [1.54, 1.807) is 0 Å². The summed E-state index contributed by atoms with van der Waals surface area (Å²) in [5.41, 5.74) is 8.70. The van der Waals surface area contributed by atoms with Gasteiger partial charge in [-0.2, -0.15) is 0 Å². The molecule has 2 heteroatoms. The van der Waals surface area contributed by atoms with Crippen molar-refractivity contribution in [3.8, 4) is 22.3 Å². The Morgan fingerprint density at radius 2 is 1.12 bits per heavy atom. The molecule has 152 valence electrons. The number of hydrogen-bond acceptors (Lipinski definition) is 2. The molecule has 0 bridgehead atoms. The standard InChI is InChI=1S/C30H21NO/c1-3-9-21(10-4-1)26-19-22(15-17-28(26)31-24-11-5-2-6-12-24)23-16-18-30-27(20-23)25-13-7-8-14-29(25)32-30/h1-20,31H. The average Bonchev–Trinajstić information content (AvgIpc) is 3.23. The quantitative estimate of drug-likeness (QED) is 0.314. The van der Waals surface area contributed by atoms with E-state index >= 15 is 0 Å². The third-order valence-corrected chi connectivity index (χ3v) is 5.87. The third kappa shape index (κ3) is 3.32. The lowest BCUT2D eigenvalue weighted by atomic mass is 9.96. The average molecular weight is 412 g/mol. The van der Waals surface area contributed by atoms with E-state index in [1.807, 2.05) is 30.3 Å². The summed E-state index contributed by atoms with van der Waals surface area (Å²) in [6, 6.07) is 42.1. The minimum absolute atomic E-state index is 0.917. The first-order chi connectivity index (χ1) is 15.8. The number of anilines is 2. The van der Waals surface area contributed by atoms with Crippen LogP contribution >= 0.6 is 0 Å². The molecule has 1 N–H and O–H groups in total. The fraction of sp³-hybridized carbons (Fsp3) is 0. The Kier molecular flexibility index (Phi) is 4.47. The van der Waals surface area contributed by atoms with Gasteiger partial charge < -0.3 is 9.73 Å². The number of furan rings is 1. The summed E-state index contributed by atoms with van der Waals surface area (Å²) >= 11 is 0. The summed E-state index contributed by atoms with van der Waals surface area (Å²) in [7, 11) is 0. The molecular weight excluding hydrogens is 390 g/mol. The Balaban J connectivity index is 1.49. The second kappa shape index (κ2) is 7.75. The summed E-state index contributed by atoms with van der Waals surface area (Å²) in [6.45, 7) is 0. The van der Waals surface area contributed by atoms with Crippen LogP contribution in [0.3, 0.4) is 0 Å². The van der Waals surface area contributed by atoms with Crippen LogP contribution in [0.15, 0.2) is 126 Å². The third-order valence-electron chi connectivity index (χ3n) is 5.87. The molecule has 0 fully saturated rings. The molecule has 0 saturated carbocycles. The zero-order valence-corrected chi connectivity index (χ0v) is 17.5. The molecule has 0 saturated heterocycles. The van der Waals surface area contributed by atoms with Crippen molar-refractivity contribution < 1.29 is 4.42 Å². The first-order valence-electron chi connectivity index (χ1n) is 10.8. The minimum atomic E-state index is 0.917. The Morgan fingerprint density at radius 3 is 1.97 bits per heavy atom. The Labute approximate surface area is 186 Å². The van der Waals surface area contributed by atoms with Gasteiger partial charge >= 0.3 is 0 Å². The number of para-hydroxylation sites is 2. The number of fused-ring (bicyclic) bond motifs is 3. The molecule has 0 aliphatic rings. The molecule has 0 spiro atoms. The minimum Gasteiger partial charge on any atom is -0.456 e. The maximum atomic E-state index is 6.01. The molecule has 0 unspecified atom stereocenters. The molecule has 0 amide bonds. The number of rotatable bonds is 4. The maximum Gasteiger partial charge on any atom is 0.135 e. The van der Waals surface area contributed by atoms with Crippen LogP contribution in [0.25, 0.3) is 44.2 Å². The van der Waals surface area contributed by atoms with Crippen molar-refractivity contribution in [3.63, 3.8) is 0 Å². The summed E-state index contributed by atoms with van der Waals surface area (Å²) in [5, 5.41) is 5.88. The zero-order chi connectivity index (χ0) is 21.3. The number of nitrogens with one attached hydrogen (secondary N) is 1. The fourth-order valence-electron chi connectivity index (χ4n) is 4.27. The highest BCUT2D eigenvalue weighted by Gasteiger charge is 2.11. The molecule has 0 aliphatic carbocycles. The van der Waals surface area contributed by atoms with Crippen molar-refractivity contribution in [2.75, 3.05) is 5.32 Å². The van der Waals surface area contributed by atoms with Crippen LogP contribution < -0.4 is 5.32 Å². The molecule has 0 radical (unpaired) electrons. The van der Waals surface area contributed by atoms with E-state index < -0.39 is 0 Å². The van der Waals surface area contributed by atoms with Crippen molar-refractivity contribution in [1.82, 2.24) is 0 Å². The Hall–Kier alpha value is -4.30. The highest BCUT2D eigenvalue weighted by molar-refractivity contribution is 6.06. The maximum absolute atomic E-state index is 6.01. The molecule has 0 atom stereocenters. The van der Waals surface area contributed by atoms with E-state index in [0.717, 1.165) is 33.3 Å². The van der Waals surface area contributed by atoms with Crippen molar-refractivity contribution in [2.24, 2.45) is 0 Å². The molecule has 1 aromatic heterocycles. The van der Waals surface area contributed by atoms with E-state index in [4.69, 9.17) is 4.42 Å². The van der Waals surface area contributed by atoms with Gasteiger partial charge in [-0.25, -0.2) is 0 Å². The lowest BCUT2D eigenvalue weighted by molar-refractivity contribution is 0.669. The van der Waals surface area contributed by atoms with Gasteiger partial charge in [0, 0.05) is 27.7 Å². The molecule has 2 nitrogen and oxygen atoms in total. The van der Waals surface area contributed by atoms with Gasteiger partial charge in [0.1, 0.15) is 11.2 Å². The first kappa shape index (κ1) is 18.5. The van der Waals surface area contributed by atoms with E-state index in [0.29, 0.717) is 0 Å². The SMILES string of the molecule is c1ccc(Nc2ccc(-c3ccc4oc5ccccc5c4c3)cc2-c2ccccc2)cc1. The van der Waals surface area contributed by atoms with Crippen LogP contribution in [0.2, 0.25) is 0 Å². The fourth-order valence-corrected chi connectivity index (χ4v) is 4.27. The molecular formula is C30H21NO. The number of benzene rings is 5. The lowest BCUT2D eigenvalue weighted by Gasteiger charge is -2.15. The summed E-state index contributed by atoms with van der Waals surface area (Å²) in [6.07, 6.45) is 0. The van der Waals surface area contributed by atoms with Gasteiger partial charge in [-0.1, -0.05) is 78.9 Å². The van der Waals surface area contributed by atoms with Gasteiger partial charge in [0.05, 0.1) is 0 Å². The monoisotopic (exact) mass is 411 g/mol. The van der Waals surface area contributed by atoms with Crippen LogP contribution in [-0.4, -0.2) is 0 Å². The summed E-state index contributed by atoms with van der Waals surface area (Å²) in [4.78, 5) is 0. The lowest BCUT2D eigenvalue weighted by Crippen LogP contribution is -1.94. The van der Waals surface area contributed by atoms with Crippen molar-refractivity contribution >= 4 is 33.3 Å². The van der Waals surface area contributed by atoms with Gasteiger partial charge in [0.15, 0.2) is 0 Å². The van der Waals surface area contributed by atoms with Gasteiger partial charge in [-0.15, -0.1) is 0 Å². The van der Waals surface area contributed by atoms with Crippen molar-refractivity contribution in [3.05, 3.63) is 121 Å². The molecule has 1 heterocycles. The van der Waals surface area contributed by atoms with E-state index in [2.05, 4.69) is 96.3 Å². The Bertz CT molecular complexity index is 1530. The summed E-state index contributed by atoms with van der Waals surface area (Å²) in [5.74, 6) is 0. The topological polar surface area (TPSA) is 25.2 Å². The predicted molar refractivity (Wildman–Crippen MR) is 134 cm³/mol. The normalized spacial score (nSPS) is 11.1. The van der Waals surface area contributed by atoms with Gasteiger partial charge in [0.25, 0.3) is 0 Å². The second-order valence-corrected chi connectivity index (χ2v) is 7.93. The largest absolute Gasteiger partial charge is 0.456 e. The van der Waals surface area contributed by atoms with Gasteiger partial charge in [-0.05, 0) is 59.2 Å². The van der Waals surface area contributed by atoms with E-state index in [1.165, 1.54) is 22.3 Å². The van der Waals surface area contributed by atoms with Crippen LogP contribution in [0.5, 0.6) is 0 Å². The highest BCUT2D eigenvalue weighted by atomic mass is 16.3. The van der Waals surface area contributed by atoms with Crippen LogP contribution in [0, 0.1) is 0 Å². The second-order valence-electron chi connectivity index (χ2n) is 7.93. The number of hydrogen-bond donors (Lipinski definition) is 1. The highest BCUT2D eigenvalue weighted by Crippen LogP contribution is 2.37. The zero-order valence-electron chi connectivity index (χ0n) is 17.5. The molecule has 6 rings (SSSR count). The predicted octanol–water partition coefficient (Wildman–Crippen LogP) is 8.66. The van der Waals surface area contributed by atoms with Crippen molar-refractivity contribution in [2.45, 2.75) is 0 Å². The van der Waals surface area contributed by atoms with Crippen molar-refractivity contribution in [1.29, 1.82) is 0 Å². The first-order valence-corrected chi connectivity index (χ1v) is 10.8. The van der Waals surface area contributed by atoms with Crippen LogP contribution in [0.1, 0.15) is 0 Å². The Morgan fingerprint density at radius 1 is 0.469 bits per heavy atom. The molecule has 5 aromatic carbocycles. The van der Waals surface area contributed by atoms with Gasteiger partial charge in [0.2, 0.25) is 0 Å².